The van der Waals surface area contributed by atoms with E-state index in [2.05, 4.69) is 10.1 Å². The molecule has 0 unspecified atom stereocenters. The van der Waals surface area contributed by atoms with E-state index in [1.165, 1.54) is 6.20 Å². The highest BCUT2D eigenvalue weighted by atomic mass is 16.5. The van der Waals surface area contributed by atoms with Crippen molar-refractivity contribution in [3.63, 3.8) is 0 Å². The Morgan fingerprint density at radius 3 is 2.96 bits per heavy atom. The summed E-state index contributed by atoms with van der Waals surface area (Å²) in [5.74, 6) is 0.919. The summed E-state index contributed by atoms with van der Waals surface area (Å²) in [5.41, 5.74) is 1.40. The number of aryl methyl sites for hydroxylation is 1. The zero-order chi connectivity index (χ0) is 18.0. The monoisotopic (exact) mass is 357 g/mol. The Hall–Kier alpha value is -2.25. The summed E-state index contributed by atoms with van der Waals surface area (Å²) in [6.45, 7) is 5.08. The number of rotatable bonds is 6. The van der Waals surface area contributed by atoms with E-state index in [-0.39, 0.29) is 11.5 Å². The number of ether oxygens (including phenoxy) is 2. The molecule has 26 heavy (non-hydrogen) atoms. The van der Waals surface area contributed by atoms with Crippen LogP contribution in [-0.2, 0) is 22.5 Å². The van der Waals surface area contributed by atoms with Gasteiger partial charge in [-0.2, -0.15) is 0 Å². The van der Waals surface area contributed by atoms with Crippen LogP contribution in [0.25, 0.3) is 0 Å². The van der Waals surface area contributed by atoms with Crippen LogP contribution in [0.5, 0.6) is 0 Å². The first-order valence-corrected chi connectivity index (χ1v) is 9.05. The van der Waals surface area contributed by atoms with E-state index in [4.69, 9.17) is 14.0 Å². The number of carbonyl (C=O) groups is 1. The molecule has 0 saturated carbocycles. The Morgan fingerprint density at radius 2 is 2.19 bits per heavy atom. The first kappa shape index (κ1) is 17.2. The molecule has 0 radical (unpaired) electrons. The van der Waals surface area contributed by atoms with Crippen LogP contribution in [0.15, 0.2) is 35.2 Å². The van der Waals surface area contributed by atoms with Crippen LogP contribution in [0.2, 0.25) is 0 Å². The van der Waals surface area contributed by atoms with E-state index >= 15 is 0 Å². The van der Waals surface area contributed by atoms with Gasteiger partial charge in [0.25, 0.3) is 5.91 Å². The van der Waals surface area contributed by atoms with Gasteiger partial charge in [0, 0.05) is 31.3 Å². The van der Waals surface area contributed by atoms with Crippen molar-refractivity contribution in [3.05, 3.63) is 47.6 Å². The number of carbonyl (C=O) groups excluding carboxylic acids is 1. The molecular formula is C19H23N3O4. The number of aromatic nitrogens is 2. The minimum Gasteiger partial charge on any atom is -0.376 e. The second-order valence-corrected chi connectivity index (χ2v) is 6.95. The third-order valence-electron chi connectivity index (χ3n) is 5.34. The Labute approximate surface area is 152 Å². The van der Waals surface area contributed by atoms with Crippen molar-refractivity contribution in [3.8, 4) is 0 Å². The van der Waals surface area contributed by atoms with Crippen molar-refractivity contribution in [2.75, 3.05) is 26.3 Å². The van der Waals surface area contributed by atoms with Gasteiger partial charge >= 0.3 is 0 Å². The SMILES string of the molecule is CCc1oncc1C(=O)N1CC2(C1)OCC[C@H]2COCc1ccncc1. The molecule has 4 rings (SSSR count). The number of hydrogen-bond donors (Lipinski definition) is 0. The van der Waals surface area contributed by atoms with Crippen molar-refractivity contribution >= 4 is 5.91 Å². The molecule has 2 fully saturated rings. The fraction of sp³-hybridized carbons (Fsp3) is 0.526. The second-order valence-electron chi connectivity index (χ2n) is 6.95. The first-order chi connectivity index (χ1) is 12.7. The third kappa shape index (κ3) is 3.12. The van der Waals surface area contributed by atoms with Gasteiger partial charge in [0.2, 0.25) is 0 Å². The molecule has 4 heterocycles. The Kier molecular flexibility index (Phi) is 4.74. The molecule has 7 nitrogen and oxygen atoms in total. The summed E-state index contributed by atoms with van der Waals surface area (Å²) < 4.78 is 17.1. The van der Waals surface area contributed by atoms with Crippen molar-refractivity contribution in [2.45, 2.75) is 32.0 Å². The normalized spacial score (nSPS) is 21.1. The predicted molar refractivity (Wildman–Crippen MR) is 92.5 cm³/mol. The topological polar surface area (TPSA) is 77.7 Å². The van der Waals surface area contributed by atoms with Gasteiger partial charge in [0.15, 0.2) is 0 Å². The van der Waals surface area contributed by atoms with E-state index in [0.29, 0.717) is 50.0 Å². The summed E-state index contributed by atoms with van der Waals surface area (Å²) in [6, 6.07) is 3.91. The van der Waals surface area contributed by atoms with Crippen LogP contribution in [0.4, 0.5) is 0 Å². The minimum atomic E-state index is -0.266. The molecule has 2 aliphatic heterocycles. The lowest BCUT2D eigenvalue weighted by Crippen LogP contribution is -2.66. The molecular weight excluding hydrogens is 334 g/mol. The fourth-order valence-corrected chi connectivity index (χ4v) is 3.78. The highest BCUT2D eigenvalue weighted by Crippen LogP contribution is 2.40. The highest BCUT2D eigenvalue weighted by molar-refractivity contribution is 5.95. The number of hydrogen-bond acceptors (Lipinski definition) is 6. The molecule has 1 amide bonds. The zero-order valence-corrected chi connectivity index (χ0v) is 14.9. The van der Waals surface area contributed by atoms with Crippen LogP contribution in [0.1, 0.15) is 35.0 Å². The molecule has 0 aromatic carbocycles. The number of likely N-dealkylation sites (tertiary alicyclic amines) is 1. The van der Waals surface area contributed by atoms with Gasteiger partial charge in [-0.25, -0.2) is 0 Å². The molecule has 2 aliphatic rings. The second kappa shape index (κ2) is 7.17. The molecule has 138 valence electrons. The number of pyridine rings is 1. The maximum Gasteiger partial charge on any atom is 0.259 e. The van der Waals surface area contributed by atoms with Crippen LogP contribution in [0, 0.1) is 5.92 Å². The molecule has 0 N–H and O–H groups in total. The maximum absolute atomic E-state index is 12.6. The lowest BCUT2D eigenvalue weighted by molar-refractivity contribution is -0.129. The first-order valence-electron chi connectivity index (χ1n) is 9.05. The van der Waals surface area contributed by atoms with Crippen LogP contribution >= 0.6 is 0 Å². The summed E-state index contributed by atoms with van der Waals surface area (Å²) in [7, 11) is 0. The Bertz CT molecular complexity index is 755. The van der Waals surface area contributed by atoms with E-state index in [9.17, 15) is 4.79 Å². The molecule has 2 aromatic rings. The zero-order valence-electron chi connectivity index (χ0n) is 14.9. The smallest absolute Gasteiger partial charge is 0.259 e. The van der Waals surface area contributed by atoms with Crippen LogP contribution in [0.3, 0.4) is 0 Å². The van der Waals surface area contributed by atoms with E-state index < -0.39 is 0 Å². The third-order valence-corrected chi connectivity index (χ3v) is 5.34. The number of nitrogens with zero attached hydrogens (tertiary/aromatic N) is 3. The average molecular weight is 357 g/mol. The van der Waals surface area contributed by atoms with E-state index in [1.54, 1.807) is 12.4 Å². The molecule has 2 aromatic heterocycles. The lowest BCUT2D eigenvalue weighted by Gasteiger charge is -2.50. The molecule has 1 atom stereocenters. The van der Waals surface area contributed by atoms with Gasteiger partial charge in [-0.05, 0) is 24.1 Å². The highest BCUT2D eigenvalue weighted by Gasteiger charge is 2.54. The van der Waals surface area contributed by atoms with Gasteiger partial charge in [-0.3, -0.25) is 9.78 Å². The molecule has 0 bridgehead atoms. The molecule has 7 heteroatoms. The van der Waals surface area contributed by atoms with Crippen LogP contribution in [-0.4, -0.2) is 52.9 Å². The fourth-order valence-electron chi connectivity index (χ4n) is 3.78. The van der Waals surface area contributed by atoms with Crippen LogP contribution < -0.4 is 0 Å². The maximum atomic E-state index is 12.6. The minimum absolute atomic E-state index is 0.0271. The number of amides is 1. The average Bonchev–Trinajstić information content (AvgIpc) is 3.27. The Morgan fingerprint density at radius 1 is 1.38 bits per heavy atom. The molecule has 1 spiro atoms. The van der Waals surface area contributed by atoms with Gasteiger partial charge in [0.1, 0.15) is 16.9 Å². The van der Waals surface area contributed by atoms with Gasteiger partial charge < -0.3 is 18.9 Å². The van der Waals surface area contributed by atoms with Crippen molar-refractivity contribution in [1.29, 1.82) is 0 Å². The van der Waals surface area contributed by atoms with E-state index in [0.717, 1.165) is 18.6 Å². The summed E-state index contributed by atoms with van der Waals surface area (Å²) in [6.07, 6.45) is 6.66. The summed E-state index contributed by atoms with van der Waals surface area (Å²) in [4.78, 5) is 18.5. The largest absolute Gasteiger partial charge is 0.376 e. The Balaban J connectivity index is 1.32. The standard InChI is InChI=1S/C19H23N3O4/c1-2-17-16(9-21-26-17)18(23)22-12-19(13-22)15(5-8-25-19)11-24-10-14-3-6-20-7-4-14/h3-4,6-7,9,15H,2,5,8,10-13H2,1H3/t15-/m0/s1. The van der Waals surface area contributed by atoms with Gasteiger partial charge in [-0.15, -0.1) is 0 Å². The van der Waals surface area contributed by atoms with Gasteiger partial charge in [-0.1, -0.05) is 12.1 Å². The van der Waals surface area contributed by atoms with Crippen molar-refractivity contribution < 1.29 is 18.8 Å². The summed E-state index contributed by atoms with van der Waals surface area (Å²) in [5, 5.41) is 3.75. The summed E-state index contributed by atoms with van der Waals surface area (Å²) >= 11 is 0. The van der Waals surface area contributed by atoms with E-state index in [1.807, 2.05) is 24.0 Å². The predicted octanol–water partition coefficient (Wildman–Crippen LogP) is 2.08. The quantitative estimate of drug-likeness (QED) is 0.788. The molecule has 2 saturated heterocycles. The molecule has 0 aliphatic carbocycles. The van der Waals surface area contributed by atoms with Crippen molar-refractivity contribution in [2.24, 2.45) is 5.92 Å². The lowest BCUT2D eigenvalue weighted by atomic mass is 9.81. The van der Waals surface area contributed by atoms with Gasteiger partial charge in [0.05, 0.1) is 32.5 Å². The van der Waals surface area contributed by atoms with Crippen molar-refractivity contribution in [1.82, 2.24) is 15.0 Å².